The smallest absolute Gasteiger partial charge is 0.272 e. The molecule has 1 amide bonds. The van der Waals surface area contributed by atoms with Gasteiger partial charge in [-0.1, -0.05) is 11.6 Å². The summed E-state index contributed by atoms with van der Waals surface area (Å²) < 4.78 is 16.5. The van der Waals surface area contributed by atoms with Gasteiger partial charge < -0.3 is 9.88 Å². The van der Waals surface area contributed by atoms with Crippen molar-refractivity contribution in [1.29, 1.82) is 0 Å². The van der Waals surface area contributed by atoms with Crippen molar-refractivity contribution in [2.75, 3.05) is 5.32 Å². The molecule has 1 fully saturated rings. The molecule has 0 bridgehead atoms. The Balaban J connectivity index is 1.86. The number of nitrogens with zero attached hydrogens (tertiary/aromatic N) is 1. The summed E-state index contributed by atoms with van der Waals surface area (Å²) in [6.07, 6.45) is 4.01. The molecule has 104 valence electrons. The number of halogens is 3. The van der Waals surface area contributed by atoms with Gasteiger partial charge >= 0.3 is 0 Å². The first-order valence-corrected chi connectivity index (χ1v) is 7.35. The zero-order valence-electron chi connectivity index (χ0n) is 10.4. The standard InChI is InChI=1S/C14H11BrClFN2O/c15-8-5-13(19(7-8)10-2-3-10)14(20)18-12-4-1-9(16)6-11(12)17/h1,4-7,10H,2-3H2,(H,18,20). The van der Waals surface area contributed by atoms with Crippen molar-refractivity contribution < 1.29 is 9.18 Å². The summed E-state index contributed by atoms with van der Waals surface area (Å²) in [6.45, 7) is 0. The quantitative estimate of drug-likeness (QED) is 0.854. The number of amides is 1. The molecule has 0 atom stereocenters. The first-order valence-electron chi connectivity index (χ1n) is 6.18. The number of rotatable bonds is 3. The van der Waals surface area contributed by atoms with E-state index in [1.807, 2.05) is 10.8 Å². The number of nitrogens with one attached hydrogen (secondary N) is 1. The van der Waals surface area contributed by atoms with Crippen LogP contribution in [0.5, 0.6) is 0 Å². The molecule has 1 heterocycles. The highest BCUT2D eigenvalue weighted by Gasteiger charge is 2.28. The van der Waals surface area contributed by atoms with E-state index in [2.05, 4.69) is 21.2 Å². The van der Waals surface area contributed by atoms with Crippen LogP contribution < -0.4 is 5.32 Å². The average molecular weight is 358 g/mol. The summed E-state index contributed by atoms with van der Waals surface area (Å²) in [4.78, 5) is 12.3. The predicted molar refractivity (Wildman–Crippen MR) is 79.8 cm³/mol. The van der Waals surface area contributed by atoms with Gasteiger partial charge in [-0.2, -0.15) is 0 Å². The van der Waals surface area contributed by atoms with Crippen molar-refractivity contribution in [1.82, 2.24) is 4.57 Å². The number of aromatic nitrogens is 1. The van der Waals surface area contributed by atoms with Crippen LogP contribution in [0, 0.1) is 5.82 Å². The molecule has 0 unspecified atom stereocenters. The Morgan fingerprint density at radius 1 is 1.40 bits per heavy atom. The van der Waals surface area contributed by atoms with Gasteiger partial charge in [0.15, 0.2) is 0 Å². The number of benzene rings is 1. The molecule has 1 aliphatic carbocycles. The highest BCUT2D eigenvalue weighted by Crippen LogP contribution is 2.37. The Hall–Kier alpha value is -1.33. The minimum absolute atomic E-state index is 0.124. The molecular formula is C14H11BrClFN2O. The van der Waals surface area contributed by atoms with Crippen LogP contribution in [0.4, 0.5) is 10.1 Å². The van der Waals surface area contributed by atoms with E-state index in [9.17, 15) is 9.18 Å². The number of anilines is 1. The summed E-state index contributed by atoms with van der Waals surface area (Å²) >= 11 is 9.05. The van der Waals surface area contributed by atoms with E-state index in [1.54, 1.807) is 6.07 Å². The van der Waals surface area contributed by atoms with E-state index in [0.29, 0.717) is 16.8 Å². The fraction of sp³-hybridized carbons (Fsp3) is 0.214. The second kappa shape index (κ2) is 5.22. The van der Waals surface area contributed by atoms with Crippen LogP contribution in [0.25, 0.3) is 0 Å². The molecule has 0 radical (unpaired) electrons. The molecule has 0 spiro atoms. The predicted octanol–water partition coefficient (Wildman–Crippen LogP) is 4.63. The lowest BCUT2D eigenvalue weighted by Gasteiger charge is -2.09. The van der Waals surface area contributed by atoms with E-state index >= 15 is 0 Å². The summed E-state index contributed by atoms with van der Waals surface area (Å²) in [5.41, 5.74) is 0.646. The average Bonchev–Trinajstić information content (AvgIpc) is 3.16. The van der Waals surface area contributed by atoms with Crippen molar-refractivity contribution in [3.05, 3.63) is 51.5 Å². The Morgan fingerprint density at radius 3 is 2.80 bits per heavy atom. The normalized spacial score (nSPS) is 14.3. The molecule has 20 heavy (non-hydrogen) atoms. The second-order valence-electron chi connectivity index (χ2n) is 4.76. The van der Waals surface area contributed by atoms with Crippen LogP contribution >= 0.6 is 27.5 Å². The van der Waals surface area contributed by atoms with E-state index < -0.39 is 5.82 Å². The maximum absolute atomic E-state index is 13.7. The highest BCUT2D eigenvalue weighted by molar-refractivity contribution is 9.10. The molecule has 0 saturated heterocycles. The molecule has 1 saturated carbocycles. The van der Waals surface area contributed by atoms with Crippen LogP contribution in [0.1, 0.15) is 29.4 Å². The molecule has 1 aromatic carbocycles. The molecule has 3 rings (SSSR count). The third-order valence-electron chi connectivity index (χ3n) is 3.17. The zero-order valence-corrected chi connectivity index (χ0v) is 12.7. The number of carbonyl (C=O) groups is 1. The minimum Gasteiger partial charge on any atom is -0.339 e. The monoisotopic (exact) mass is 356 g/mol. The molecule has 0 aliphatic heterocycles. The first-order chi connectivity index (χ1) is 9.54. The third-order valence-corrected chi connectivity index (χ3v) is 3.84. The molecule has 1 N–H and O–H groups in total. The third kappa shape index (κ3) is 2.74. The van der Waals surface area contributed by atoms with E-state index in [-0.39, 0.29) is 11.6 Å². The van der Waals surface area contributed by atoms with E-state index in [1.165, 1.54) is 18.2 Å². The van der Waals surface area contributed by atoms with Crippen molar-refractivity contribution >= 4 is 39.1 Å². The number of carbonyl (C=O) groups excluding carboxylic acids is 1. The van der Waals surface area contributed by atoms with E-state index in [4.69, 9.17) is 11.6 Å². The Bertz CT molecular complexity index is 682. The van der Waals surface area contributed by atoms with Gasteiger partial charge in [-0.05, 0) is 53.0 Å². The number of hydrogen-bond acceptors (Lipinski definition) is 1. The topological polar surface area (TPSA) is 34.0 Å². The fourth-order valence-corrected chi connectivity index (χ4v) is 2.66. The minimum atomic E-state index is -0.547. The molecule has 2 aromatic rings. The summed E-state index contributed by atoms with van der Waals surface area (Å²) in [7, 11) is 0. The van der Waals surface area contributed by atoms with Gasteiger partial charge in [0.2, 0.25) is 0 Å². The Morgan fingerprint density at radius 2 is 2.15 bits per heavy atom. The summed E-state index contributed by atoms with van der Waals surface area (Å²) in [6, 6.07) is 6.27. The lowest BCUT2D eigenvalue weighted by atomic mass is 10.3. The second-order valence-corrected chi connectivity index (χ2v) is 6.11. The van der Waals surface area contributed by atoms with Gasteiger partial charge in [0, 0.05) is 21.7 Å². The lowest BCUT2D eigenvalue weighted by Crippen LogP contribution is -2.17. The molecule has 6 heteroatoms. The van der Waals surface area contributed by atoms with Crippen molar-refractivity contribution in [2.24, 2.45) is 0 Å². The SMILES string of the molecule is O=C(Nc1ccc(Cl)cc1F)c1cc(Br)cn1C1CC1. The lowest BCUT2D eigenvalue weighted by molar-refractivity contribution is 0.101. The fourth-order valence-electron chi connectivity index (χ4n) is 2.06. The Kier molecular flexibility index (Phi) is 3.56. The van der Waals surface area contributed by atoms with Crippen molar-refractivity contribution in [2.45, 2.75) is 18.9 Å². The van der Waals surface area contributed by atoms with Crippen LogP contribution in [0.15, 0.2) is 34.9 Å². The van der Waals surface area contributed by atoms with Gasteiger partial charge in [-0.25, -0.2) is 4.39 Å². The highest BCUT2D eigenvalue weighted by atomic mass is 79.9. The number of hydrogen-bond donors (Lipinski definition) is 1. The maximum Gasteiger partial charge on any atom is 0.272 e. The maximum atomic E-state index is 13.7. The van der Waals surface area contributed by atoms with Gasteiger partial charge in [-0.3, -0.25) is 4.79 Å². The van der Waals surface area contributed by atoms with Crippen molar-refractivity contribution in [3.8, 4) is 0 Å². The molecule has 1 aromatic heterocycles. The zero-order chi connectivity index (χ0) is 14.3. The van der Waals surface area contributed by atoms with Crippen molar-refractivity contribution in [3.63, 3.8) is 0 Å². The summed E-state index contributed by atoms with van der Waals surface area (Å²) in [5, 5.41) is 2.87. The van der Waals surface area contributed by atoms with Gasteiger partial charge in [-0.15, -0.1) is 0 Å². The molecule has 1 aliphatic rings. The van der Waals surface area contributed by atoms with Crippen LogP contribution in [0.2, 0.25) is 5.02 Å². The first kappa shape index (κ1) is 13.6. The van der Waals surface area contributed by atoms with Gasteiger partial charge in [0.25, 0.3) is 5.91 Å². The molecular weight excluding hydrogens is 347 g/mol. The van der Waals surface area contributed by atoms with Gasteiger partial charge in [0.1, 0.15) is 11.5 Å². The van der Waals surface area contributed by atoms with Crippen LogP contribution in [0.3, 0.4) is 0 Å². The van der Waals surface area contributed by atoms with E-state index in [0.717, 1.165) is 17.3 Å². The summed E-state index contributed by atoms with van der Waals surface area (Å²) in [5.74, 6) is -0.877. The largest absolute Gasteiger partial charge is 0.339 e. The van der Waals surface area contributed by atoms with Crippen LogP contribution in [-0.4, -0.2) is 10.5 Å². The van der Waals surface area contributed by atoms with Gasteiger partial charge in [0.05, 0.1) is 5.69 Å². The van der Waals surface area contributed by atoms with Crippen LogP contribution in [-0.2, 0) is 0 Å². The Labute approximate surface area is 128 Å². The molecule has 3 nitrogen and oxygen atoms in total.